The minimum Gasteiger partial charge on any atom is -0.380 e. The normalized spacial score (nSPS) is 11.9. The zero-order valence-electron chi connectivity index (χ0n) is 19.3. The average molecular weight is 465 g/mol. The number of carbonyl (C=O) groups is 2. The van der Waals surface area contributed by atoms with E-state index >= 15 is 0 Å². The summed E-state index contributed by atoms with van der Waals surface area (Å²) in [6.45, 7) is 0. The third-order valence-electron chi connectivity index (χ3n) is 6.01. The van der Waals surface area contributed by atoms with Crippen LogP contribution in [0.2, 0.25) is 0 Å². The highest BCUT2D eigenvalue weighted by Gasteiger charge is 2.44. The first-order valence-corrected chi connectivity index (χ1v) is 11.6. The fourth-order valence-electron chi connectivity index (χ4n) is 4.25. The van der Waals surface area contributed by atoms with Crippen molar-refractivity contribution in [1.29, 1.82) is 0 Å². The molecule has 176 valence electrons. The Morgan fingerprint density at radius 2 is 1.03 bits per heavy atom. The van der Waals surface area contributed by atoms with Crippen LogP contribution in [-0.2, 0) is 15.2 Å². The highest BCUT2D eigenvalue weighted by atomic mass is 16.3. The Balaban J connectivity index is 1.68. The molecule has 0 aliphatic rings. The molecule has 0 aliphatic carbocycles. The molecule has 0 aliphatic heterocycles. The van der Waals surface area contributed by atoms with Crippen molar-refractivity contribution in [1.82, 2.24) is 0 Å². The zero-order chi connectivity index (χ0) is 24.5. The van der Waals surface area contributed by atoms with Gasteiger partial charge in [0.2, 0.25) is 11.8 Å². The van der Waals surface area contributed by atoms with Crippen LogP contribution in [0.25, 0.3) is 0 Å². The molecule has 5 nitrogen and oxygen atoms in total. The molecule has 4 aromatic rings. The van der Waals surface area contributed by atoms with Crippen molar-refractivity contribution >= 4 is 23.2 Å². The number of hydrogen-bond acceptors (Lipinski definition) is 3. The van der Waals surface area contributed by atoms with E-state index in [0.29, 0.717) is 22.5 Å². The lowest BCUT2D eigenvalue weighted by atomic mass is 9.73. The monoisotopic (exact) mass is 464 g/mol. The van der Waals surface area contributed by atoms with Crippen LogP contribution in [0.1, 0.15) is 24.0 Å². The quantitative estimate of drug-likeness (QED) is 0.302. The average Bonchev–Trinajstić information content (AvgIpc) is 2.91. The summed E-state index contributed by atoms with van der Waals surface area (Å²) in [6, 6.07) is 36.6. The van der Waals surface area contributed by atoms with Gasteiger partial charge in [-0.25, -0.2) is 0 Å². The zero-order valence-corrected chi connectivity index (χ0v) is 19.3. The lowest BCUT2D eigenvalue weighted by molar-refractivity contribution is -0.128. The van der Waals surface area contributed by atoms with Gasteiger partial charge in [0.05, 0.1) is 5.92 Å². The number of anilines is 2. The van der Waals surface area contributed by atoms with Gasteiger partial charge >= 0.3 is 0 Å². The van der Waals surface area contributed by atoms with E-state index in [0.717, 1.165) is 0 Å². The van der Waals surface area contributed by atoms with Crippen molar-refractivity contribution in [3.63, 3.8) is 0 Å². The largest absolute Gasteiger partial charge is 0.380 e. The van der Waals surface area contributed by atoms with E-state index in [4.69, 9.17) is 0 Å². The molecule has 0 bridgehead atoms. The van der Waals surface area contributed by atoms with Gasteiger partial charge in [-0.1, -0.05) is 97.1 Å². The van der Waals surface area contributed by atoms with Gasteiger partial charge in [0, 0.05) is 17.8 Å². The molecule has 4 rings (SSSR count). The van der Waals surface area contributed by atoms with Crippen LogP contribution in [0.15, 0.2) is 121 Å². The molecule has 0 aromatic heterocycles. The van der Waals surface area contributed by atoms with E-state index in [1.165, 1.54) is 0 Å². The van der Waals surface area contributed by atoms with Gasteiger partial charge in [0.1, 0.15) is 5.60 Å². The first-order valence-electron chi connectivity index (χ1n) is 11.6. The predicted octanol–water partition coefficient (Wildman–Crippen LogP) is 5.60. The molecule has 0 fully saturated rings. The molecule has 35 heavy (non-hydrogen) atoms. The van der Waals surface area contributed by atoms with Gasteiger partial charge in [0.15, 0.2) is 0 Å². The molecule has 0 heterocycles. The standard InChI is InChI=1S/C30H28N2O3/c33-28(31-25-17-9-3-10-18-25)22-21-27(29(34)32-26-19-11-4-12-20-26)30(35,23-13-5-1-6-14-23)24-15-7-2-8-16-24/h1-20,27,35H,21-22H2,(H,31,33)(H,32,34)/t27-/m1/s1. The van der Waals surface area contributed by atoms with Crippen molar-refractivity contribution in [3.05, 3.63) is 132 Å². The lowest BCUT2D eigenvalue weighted by Crippen LogP contribution is -2.44. The van der Waals surface area contributed by atoms with Crippen molar-refractivity contribution in [2.45, 2.75) is 18.4 Å². The number of aliphatic hydroxyl groups is 1. The van der Waals surface area contributed by atoms with Gasteiger partial charge in [-0.15, -0.1) is 0 Å². The fourth-order valence-corrected chi connectivity index (χ4v) is 4.25. The van der Waals surface area contributed by atoms with Gasteiger partial charge < -0.3 is 15.7 Å². The maximum Gasteiger partial charge on any atom is 0.231 e. The Morgan fingerprint density at radius 3 is 1.49 bits per heavy atom. The number of benzene rings is 4. The van der Waals surface area contributed by atoms with Crippen molar-refractivity contribution in [2.75, 3.05) is 10.6 Å². The van der Waals surface area contributed by atoms with Crippen molar-refractivity contribution in [3.8, 4) is 0 Å². The third kappa shape index (κ3) is 5.83. The first-order chi connectivity index (χ1) is 17.1. The molecule has 0 unspecified atom stereocenters. The fraction of sp³-hybridized carbons (Fsp3) is 0.133. The number of hydrogen-bond donors (Lipinski definition) is 3. The van der Waals surface area contributed by atoms with Crippen LogP contribution >= 0.6 is 0 Å². The molecule has 3 N–H and O–H groups in total. The number of para-hydroxylation sites is 2. The topological polar surface area (TPSA) is 78.4 Å². The van der Waals surface area contributed by atoms with E-state index in [-0.39, 0.29) is 24.7 Å². The second kappa shape index (κ2) is 11.3. The van der Waals surface area contributed by atoms with Crippen LogP contribution in [0, 0.1) is 5.92 Å². The van der Waals surface area contributed by atoms with E-state index < -0.39 is 11.5 Å². The summed E-state index contributed by atoms with van der Waals surface area (Å²) in [7, 11) is 0. The molecule has 1 atom stereocenters. The lowest BCUT2D eigenvalue weighted by Gasteiger charge is -2.36. The minimum absolute atomic E-state index is 0.0593. The van der Waals surface area contributed by atoms with Crippen LogP contribution < -0.4 is 10.6 Å². The summed E-state index contributed by atoms with van der Waals surface area (Å²) in [5.74, 6) is -1.52. The molecular formula is C30H28N2O3. The highest BCUT2D eigenvalue weighted by Crippen LogP contribution is 2.40. The molecule has 4 aromatic carbocycles. The van der Waals surface area contributed by atoms with Crippen LogP contribution in [-0.4, -0.2) is 16.9 Å². The van der Waals surface area contributed by atoms with E-state index in [1.54, 1.807) is 36.4 Å². The smallest absolute Gasteiger partial charge is 0.231 e. The maximum atomic E-state index is 13.7. The van der Waals surface area contributed by atoms with Crippen LogP contribution in [0.3, 0.4) is 0 Å². The van der Waals surface area contributed by atoms with Gasteiger partial charge in [0.25, 0.3) is 0 Å². The third-order valence-corrected chi connectivity index (χ3v) is 6.01. The van der Waals surface area contributed by atoms with E-state index in [1.807, 2.05) is 84.9 Å². The summed E-state index contributed by atoms with van der Waals surface area (Å²) in [4.78, 5) is 26.4. The van der Waals surface area contributed by atoms with Gasteiger partial charge in [-0.2, -0.15) is 0 Å². The minimum atomic E-state index is -1.64. The second-order valence-corrected chi connectivity index (χ2v) is 8.36. The highest BCUT2D eigenvalue weighted by molar-refractivity contribution is 5.95. The predicted molar refractivity (Wildman–Crippen MR) is 139 cm³/mol. The Hall–Kier alpha value is -4.22. The number of carbonyl (C=O) groups excluding carboxylic acids is 2. The number of rotatable bonds is 9. The Kier molecular flexibility index (Phi) is 7.70. The van der Waals surface area contributed by atoms with Crippen LogP contribution in [0.5, 0.6) is 0 Å². The first kappa shape index (κ1) is 23.9. The van der Waals surface area contributed by atoms with Crippen LogP contribution in [0.4, 0.5) is 11.4 Å². The molecule has 2 amide bonds. The van der Waals surface area contributed by atoms with Crippen molar-refractivity contribution in [2.24, 2.45) is 5.92 Å². The molecular weight excluding hydrogens is 436 g/mol. The Morgan fingerprint density at radius 1 is 0.629 bits per heavy atom. The summed E-state index contributed by atoms with van der Waals surface area (Å²) < 4.78 is 0. The summed E-state index contributed by atoms with van der Waals surface area (Å²) >= 11 is 0. The molecule has 0 saturated carbocycles. The van der Waals surface area contributed by atoms with Gasteiger partial charge in [-0.05, 0) is 41.8 Å². The summed E-state index contributed by atoms with van der Waals surface area (Å²) in [5, 5.41) is 18.1. The second-order valence-electron chi connectivity index (χ2n) is 8.36. The maximum absolute atomic E-state index is 13.7. The van der Waals surface area contributed by atoms with E-state index in [2.05, 4.69) is 10.6 Å². The summed E-state index contributed by atoms with van der Waals surface area (Å²) in [6.07, 6.45) is 0.196. The van der Waals surface area contributed by atoms with Crippen molar-refractivity contribution < 1.29 is 14.7 Å². The van der Waals surface area contributed by atoms with Gasteiger partial charge in [-0.3, -0.25) is 9.59 Å². The number of nitrogens with one attached hydrogen (secondary N) is 2. The Labute approximate surface area is 205 Å². The Bertz CT molecular complexity index is 1190. The SMILES string of the molecule is O=C(CC[C@H](C(=O)Nc1ccccc1)C(O)(c1ccccc1)c1ccccc1)Nc1ccccc1. The number of amides is 2. The summed E-state index contributed by atoms with van der Waals surface area (Å²) in [5.41, 5.74) is 0.837. The molecule has 0 radical (unpaired) electrons. The molecule has 0 saturated heterocycles. The molecule has 0 spiro atoms. The molecule has 5 heteroatoms. The van der Waals surface area contributed by atoms with E-state index in [9.17, 15) is 14.7 Å².